The summed E-state index contributed by atoms with van der Waals surface area (Å²) in [6, 6.07) is 11.1. The minimum atomic E-state index is -0.0655. The summed E-state index contributed by atoms with van der Waals surface area (Å²) >= 11 is 7.50. The lowest BCUT2D eigenvalue weighted by atomic mass is 10.2. The molecule has 1 unspecified atom stereocenters. The van der Waals surface area contributed by atoms with E-state index in [0.717, 1.165) is 14.9 Å². The molecular formula is C15H14ClN3OS. The molecule has 3 aromatic heterocycles. The van der Waals surface area contributed by atoms with E-state index in [1.54, 1.807) is 23.6 Å². The zero-order valence-electron chi connectivity index (χ0n) is 11.4. The van der Waals surface area contributed by atoms with Crippen LogP contribution in [-0.2, 0) is 6.54 Å². The zero-order valence-corrected chi connectivity index (χ0v) is 13.0. The van der Waals surface area contributed by atoms with Crippen LogP contribution in [0.3, 0.4) is 0 Å². The fourth-order valence-electron chi connectivity index (χ4n) is 2.11. The van der Waals surface area contributed by atoms with Crippen LogP contribution in [0, 0.1) is 0 Å². The fourth-order valence-corrected chi connectivity index (χ4v) is 3.20. The molecule has 0 bridgehead atoms. The van der Waals surface area contributed by atoms with E-state index >= 15 is 0 Å². The molecule has 0 aliphatic carbocycles. The third-order valence-corrected chi connectivity index (χ3v) is 4.65. The Bertz CT molecular complexity index is 827. The van der Waals surface area contributed by atoms with E-state index < -0.39 is 0 Å². The van der Waals surface area contributed by atoms with Gasteiger partial charge >= 0.3 is 0 Å². The second-order valence-corrected chi connectivity index (χ2v) is 6.51. The number of fused-ring (bicyclic) bond motifs is 1. The first kappa shape index (κ1) is 14.3. The van der Waals surface area contributed by atoms with Gasteiger partial charge in [0.1, 0.15) is 5.65 Å². The molecule has 3 rings (SSSR count). The monoisotopic (exact) mass is 319 g/mol. The lowest BCUT2D eigenvalue weighted by molar-refractivity contribution is 0.575. The molecular weight excluding hydrogens is 306 g/mol. The van der Waals surface area contributed by atoms with Crippen LogP contribution in [0.1, 0.15) is 23.5 Å². The fraction of sp³-hybridized carbons (Fsp3) is 0.200. The standard InChI is InChI=1S/C15H14ClN3OS/c1-10(12-5-6-13(16)21-12)17-9-11-8-15(20)19-7-3-2-4-14(19)18-11/h2-8,10,17H,9H2,1H3. The van der Waals surface area contributed by atoms with Gasteiger partial charge in [0, 0.05) is 29.7 Å². The molecule has 3 heterocycles. The lowest BCUT2D eigenvalue weighted by Gasteiger charge is -2.11. The summed E-state index contributed by atoms with van der Waals surface area (Å²) in [6.45, 7) is 2.60. The Hall–Kier alpha value is -1.69. The number of hydrogen-bond acceptors (Lipinski definition) is 4. The molecule has 0 radical (unpaired) electrons. The zero-order chi connectivity index (χ0) is 14.8. The van der Waals surface area contributed by atoms with Gasteiger partial charge in [0.15, 0.2) is 0 Å². The van der Waals surface area contributed by atoms with Crippen molar-refractivity contribution in [1.29, 1.82) is 0 Å². The van der Waals surface area contributed by atoms with Crippen LogP contribution in [0.4, 0.5) is 0 Å². The maximum absolute atomic E-state index is 12.0. The molecule has 0 amide bonds. The average Bonchev–Trinajstić information content (AvgIpc) is 2.91. The second kappa shape index (κ2) is 5.97. The molecule has 21 heavy (non-hydrogen) atoms. The van der Waals surface area contributed by atoms with E-state index in [2.05, 4.69) is 17.2 Å². The van der Waals surface area contributed by atoms with Crippen molar-refractivity contribution < 1.29 is 0 Å². The molecule has 0 fully saturated rings. The maximum atomic E-state index is 12.0. The predicted octanol–water partition coefficient (Wildman–Crippen LogP) is 3.26. The molecule has 0 aromatic carbocycles. The number of thiophene rings is 1. The van der Waals surface area contributed by atoms with Crippen LogP contribution in [0.15, 0.2) is 47.4 Å². The lowest BCUT2D eigenvalue weighted by Crippen LogP contribution is -2.21. The van der Waals surface area contributed by atoms with Crippen molar-refractivity contribution >= 4 is 28.6 Å². The largest absolute Gasteiger partial charge is 0.304 e. The van der Waals surface area contributed by atoms with Gasteiger partial charge in [-0.3, -0.25) is 9.20 Å². The predicted molar refractivity (Wildman–Crippen MR) is 86.0 cm³/mol. The van der Waals surface area contributed by atoms with E-state index in [-0.39, 0.29) is 11.6 Å². The van der Waals surface area contributed by atoms with Crippen LogP contribution in [-0.4, -0.2) is 9.38 Å². The van der Waals surface area contributed by atoms with Gasteiger partial charge in [-0.25, -0.2) is 4.98 Å². The number of hydrogen-bond donors (Lipinski definition) is 1. The first-order valence-electron chi connectivity index (χ1n) is 6.59. The number of nitrogens with zero attached hydrogens (tertiary/aromatic N) is 2. The number of aromatic nitrogens is 2. The van der Waals surface area contributed by atoms with Gasteiger partial charge in [0.2, 0.25) is 0 Å². The minimum Gasteiger partial charge on any atom is -0.304 e. The highest BCUT2D eigenvalue weighted by atomic mass is 35.5. The van der Waals surface area contributed by atoms with E-state index in [9.17, 15) is 4.79 Å². The van der Waals surface area contributed by atoms with Crippen LogP contribution >= 0.6 is 22.9 Å². The Balaban J connectivity index is 1.77. The van der Waals surface area contributed by atoms with E-state index in [1.807, 2.05) is 30.3 Å². The SMILES string of the molecule is CC(NCc1cc(=O)n2ccccc2n1)c1ccc(Cl)s1. The third kappa shape index (κ3) is 3.15. The van der Waals surface area contributed by atoms with Crippen molar-refractivity contribution in [1.82, 2.24) is 14.7 Å². The molecule has 0 spiro atoms. The highest BCUT2D eigenvalue weighted by molar-refractivity contribution is 7.16. The Labute approximate surface area is 131 Å². The number of halogens is 1. The molecule has 3 aromatic rings. The van der Waals surface area contributed by atoms with Gasteiger partial charge < -0.3 is 5.32 Å². The van der Waals surface area contributed by atoms with Crippen molar-refractivity contribution in [2.45, 2.75) is 19.5 Å². The molecule has 0 aliphatic heterocycles. The van der Waals surface area contributed by atoms with E-state index in [4.69, 9.17) is 11.6 Å². The van der Waals surface area contributed by atoms with Crippen LogP contribution in [0.5, 0.6) is 0 Å². The summed E-state index contributed by atoms with van der Waals surface area (Å²) < 4.78 is 2.31. The topological polar surface area (TPSA) is 46.4 Å². The summed E-state index contributed by atoms with van der Waals surface area (Å²) in [6.07, 6.45) is 1.72. The minimum absolute atomic E-state index is 0.0655. The van der Waals surface area contributed by atoms with Crippen molar-refractivity contribution in [3.8, 4) is 0 Å². The number of rotatable bonds is 4. The van der Waals surface area contributed by atoms with Gasteiger partial charge in [-0.1, -0.05) is 17.7 Å². The summed E-state index contributed by atoms with van der Waals surface area (Å²) in [7, 11) is 0. The smallest absolute Gasteiger partial charge is 0.258 e. The highest BCUT2D eigenvalue weighted by Crippen LogP contribution is 2.26. The summed E-state index contributed by atoms with van der Waals surface area (Å²) in [4.78, 5) is 17.6. The Morgan fingerprint density at radius 1 is 1.38 bits per heavy atom. The first-order chi connectivity index (χ1) is 10.1. The molecule has 6 heteroatoms. The van der Waals surface area contributed by atoms with Gasteiger partial charge in [-0.2, -0.15) is 0 Å². The first-order valence-corrected chi connectivity index (χ1v) is 7.79. The number of nitrogens with one attached hydrogen (secondary N) is 1. The Kier molecular flexibility index (Phi) is 4.05. The van der Waals surface area contributed by atoms with Crippen LogP contribution < -0.4 is 10.9 Å². The molecule has 0 saturated heterocycles. The number of pyridine rings is 1. The van der Waals surface area contributed by atoms with Crippen molar-refractivity contribution in [2.24, 2.45) is 0 Å². The molecule has 1 atom stereocenters. The normalized spacial score (nSPS) is 12.7. The second-order valence-electron chi connectivity index (χ2n) is 4.76. The molecule has 4 nitrogen and oxygen atoms in total. The molecule has 0 aliphatic rings. The van der Waals surface area contributed by atoms with Gasteiger partial charge in [0.25, 0.3) is 5.56 Å². The van der Waals surface area contributed by atoms with Gasteiger partial charge in [0.05, 0.1) is 10.0 Å². The molecule has 0 saturated carbocycles. The summed E-state index contributed by atoms with van der Waals surface area (Å²) in [5, 5.41) is 3.36. The van der Waals surface area contributed by atoms with Crippen molar-refractivity contribution in [3.63, 3.8) is 0 Å². The highest BCUT2D eigenvalue weighted by Gasteiger charge is 2.09. The van der Waals surface area contributed by atoms with Crippen LogP contribution in [0.25, 0.3) is 5.65 Å². The van der Waals surface area contributed by atoms with Crippen molar-refractivity contribution in [2.75, 3.05) is 0 Å². The van der Waals surface area contributed by atoms with E-state index in [1.165, 1.54) is 4.40 Å². The summed E-state index contributed by atoms with van der Waals surface area (Å²) in [5.41, 5.74) is 1.33. The maximum Gasteiger partial charge on any atom is 0.258 e. The Morgan fingerprint density at radius 2 is 2.24 bits per heavy atom. The average molecular weight is 320 g/mol. The van der Waals surface area contributed by atoms with Gasteiger partial charge in [-0.05, 0) is 31.2 Å². The quantitative estimate of drug-likeness (QED) is 0.803. The van der Waals surface area contributed by atoms with Crippen LogP contribution in [0.2, 0.25) is 4.34 Å². The molecule has 1 N–H and O–H groups in total. The van der Waals surface area contributed by atoms with E-state index in [0.29, 0.717) is 12.2 Å². The Morgan fingerprint density at radius 3 is 3.00 bits per heavy atom. The third-order valence-electron chi connectivity index (χ3n) is 3.23. The van der Waals surface area contributed by atoms with Gasteiger partial charge in [-0.15, -0.1) is 11.3 Å². The molecule has 108 valence electrons. The van der Waals surface area contributed by atoms with Crippen molar-refractivity contribution in [3.05, 3.63) is 67.9 Å². The summed E-state index contributed by atoms with van der Waals surface area (Å²) in [5.74, 6) is 0.